The van der Waals surface area contributed by atoms with Crippen LogP contribution in [0.5, 0.6) is 0 Å². The van der Waals surface area contributed by atoms with Gasteiger partial charge in [-0.3, -0.25) is 0 Å². The molecule has 0 saturated heterocycles. The van der Waals surface area contributed by atoms with E-state index in [1.54, 1.807) is 0 Å². The molecule has 0 spiro atoms. The minimum absolute atomic E-state index is 0.603. The van der Waals surface area contributed by atoms with Gasteiger partial charge < -0.3 is 10.2 Å². The van der Waals surface area contributed by atoms with Crippen molar-refractivity contribution < 1.29 is 0 Å². The highest BCUT2D eigenvalue weighted by Gasteiger charge is 2.30. The standard InChI is InChI=1S/C17H28N4/c1-4-10-21(11-13-6-7-13)17-12(3)15(18-5-2)19-16(20-17)14-8-9-14/h13-14H,4-11H2,1-3H3,(H,18,19,20). The van der Waals surface area contributed by atoms with E-state index in [0.717, 1.165) is 30.6 Å². The topological polar surface area (TPSA) is 41.1 Å². The maximum Gasteiger partial charge on any atom is 0.137 e. The Bertz CT molecular complexity index is 492. The molecule has 1 N–H and O–H groups in total. The summed E-state index contributed by atoms with van der Waals surface area (Å²) in [6, 6.07) is 0. The van der Waals surface area contributed by atoms with Crippen molar-refractivity contribution >= 4 is 11.6 Å². The number of nitrogens with one attached hydrogen (secondary N) is 1. The molecule has 4 nitrogen and oxygen atoms in total. The second-order valence-electron chi connectivity index (χ2n) is 6.57. The van der Waals surface area contributed by atoms with Gasteiger partial charge in [0.05, 0.1) is 0 Å². The largest absolute Gasteiger partial charge is 0.370 e. The van der Waals surface area contributed by atoms with E-state index in [1.165, 1.54) is 50.0 Å². The van der Waals surface area contributed by atoms with Crippen molar-refractivity contribution in [2.24, 2.45) is 5.92 Å². The van der Waals surface area contributed by atoms with E-state index >= 15 is 0 Å². The third kappa shape index (κ3) is 3.47. The van der Waals surface area contributed by atoms with Crippen LogP contribution in [0.1, 0.15) is 63.3 Å². The van der Waals surface area contributed by atoms with E-state index < -0.39 is 0 Å². The van der Waals surface area contributed by atoms with Crippen LogP contribution in [0, 0.1) is 12.8 Å². The van der Waals surface area contributed by atoms with Gasteiger partial charge in [0, 0.05) is 31.1 Å². The predicted octanol–water partition coefficient (Wildman–Crippen LogP) is 3.72. The van der Waals surface area contributed by atoms with Crippen LogP contribution in [0.3, 0.4) is 0 Å². The van der Waals surface area contributed by atoms with Crippen molar-refractivity contribution in [1.82, 2.24) is 9.97 Å². The Morgan fingerprint density at radius 2 is 1.90 bits per heavy atom. The molecule has 0 bridgehead atoms. The molecular weight excluding hydrogens is 260 g/mol. The minimum atomic E-state index is 0.603. The summed E-state index contributed by atoms with van der Waals surface area (Å²) in [5.74, 6) is 4.77. The van der Waals surface area contributed by atoms with E-state index in [9.17, 15) is 0 Å². The fourth-order valence-electron chi connectivity index (χ4n) is 2.86. The lowest BCUT2D eigenvalue weighted by Gasteiger charge is -2.26. The zero-order chi connectivity index (χ0) is 14.8. The van der Waals surface area contributed by atoms with E-state index in [-0.39, 0.29) is 0 Å². The number of hydrogen-bond donors (Lipinski definition) is 1. The van der Waals surface area contributed by atoms with Gasteiger partial charge in [-0.1, -0.05) is 6.92 Å². The fraction of sp³-hybridized carbons (Fsp3) is 0.765. The Kier molecular flexibility index (Phi) is 4.32. The lowest BCUT2D eigenvalue weighted by molar-refractivity contribution is 0.691. The maximum absolute atomic E-state index is 4.95. The average Bonchev–Trinajstić information content (AvgIpc) is 3.34. The Labute approximate surface area is 128 Å². The summed E-state index contributed by atoms with van der Waals surface area (Å²) in [6.07, 6.45) is 6.46. The molecule has 1 aromatic heterocycles. The summed E-state index contributed by atoms with van der Waals surface area (Å²) in [4.78, 5) is 12.2. The molecule has 2 aliphatic carbocycles. The molecule has 0 aromatic carbocycles. The summed E-state index contributed by atoms with van der Waals surface area (Å²) in [7, 11) is 0. The monoisotopic (exact) mass is 288 g/mol. The molecule has 2 aliphatic rings. The van der Waals surface area contributed by atoms with Crippen LogP contribution in [-0.2, 0) is 0 Å². The molecule has 0 unspecified atom stereocenters. The van der Waals surface area contributed by atoms with Crippen LogP contribution < -0.4 is 10.2 Å². The Morgan fingerprint density at radius 3 is 2.48 bits per heavy atom. The molecule has 0 aliphatic heterocycles. The van der Waals surface area contributed by atoms with Gasteiger partial charge in [0.2, 0.25) is 0 Å². The first kappa shape index (κ1) is 14.6. The molecule has 1 aromatic rings. The highest BCUT2D eigenvalue weighted by Crippen LogP contribution is 2.40. The predicted molar refractivity (Wildman–Crippen MR) is 88.1 cm³/mol. The number of rotatable bonds is 8. The highest BCUT2D eigenvalue weighted by atomic mass is 15.2. The smallest absolute Gasteiger partial charge is 0.137 e. The Morgan fingerprint density at radius 1 is 1.14 bits per heavy atom. The molecule has 4 heteroatoms. The molecular formula is C17H28N4. The maximum atomic E-state index is 4.95. The number of anilines is 2. The summed E-state index contributed by atoms with van der Waals surface area (Å²) in [5.41, 5.74) is 1.22. The number of nitrogens with zero attached hydrogens (tertiary/aromatic N) is 3. The zero-order valence-corrected chi connectivity index (χ0v) is 13.7. The molecule has 0 radical (unpaired) electrons. The summed E-state index contributed by atoms with van der Waals surface area (Å²) >= 11 is 0. The van der Waals surface area contributed by atoms with Gasteiger partial charge in [-0.05, 0) is 51.9 Å². The van der Waals surface area contributed by atoms with Crippen LogP contribution in [-0.4, -0.2) is 29.6 Å². The molecule has 2 saturated carbocycles. The molecule has 0 atom stereocenters. The first-order valence-corrected chi connectivity index (χ1v) is 8.60. The summed E-state index contributed by atoms with van der Waals surface area (Å²) in [5, 5.41) is 3.43. The van der Waals surface area contributed by atoms with Crippen molar-refractivity contribution in [3.63, 3.8) is 0 Å². The van der Waals surface area contributed by atoms with E-state index in [2.05, 4.69) is 31.0 Å². The van der Waals surface area contributed by atoms with Crippen molar-refractivity contribution in [1.29, 1.82) is 0 Å². The van der Waals surface area contributed by atoms with Crippen LogP contribution in [0.25, 0.3) is 0 Å². The van der Waals surface area contributed by atoms with E-state index in [0.29, 0.717) is 5.92 Å². The fourth-order valence-corrected chi connectivity index (χ4v) is 2.86. The second kappa shape index (κ2) is 6.20. The first-order chi connectivity index (χ1) is 10.2. The highest BCUT2D eigenvalue weighted by molar-refractivity contribution is 5.59. The van der Waals surface area contributed by atoms with E-state index in [4.69, 9.17) is 9.97 Å². The normalized spacial score (nSPS) is 17.9. The Hall–Kier alpha value is -1.32. The zero-order valence-electron chi connectivity index (χ0n) is 13.7. The first-order valence-electron chi connectivity index (χ1n) is 8.60. The Balaban J connectivity index is 1.92. The molecule has 0 amide bonds. The van der Waals surface area contributed by atoms with Gasteiger partial charge in [0.25, 0.3) is 0 Å². The quantitative estimate of drug-likeness (QED) is 0.791. The van der Waals surface area contributed by atoms with Gasteiger partial charge in [-0.25, -0.2) is 9.97 Å². The third-order valence-electron chi connectivity index (χ3n) is 4.39. The van der Waals surface area contributed by atoms with Gasteiger partial charge in [0.15, 0.2) is 0 Å². The van der Waals surface area contributed by atoms with Crippen LogP contribution in [0.15, 0.2) is 0 Å². The molecule has 116 valence electrons. The van der Waals surface area contributed by atoms with Crippen molar-refractivity contribution in [2.45, 2.75) is 58.8 Å². The van der Waals surface area contributed by atoms with Crippen molar-refractivity contribution in [2.75, 3.05) is 29.9 Å². The molecule has 3 rings (SSSR count). The SMILES string of the molecule is CCCN(CC1CC1)c1nc(C2CC2)nc(NCC)c1C. The van der Waals surface area contributed by atoms with Crippen molar-refractivity contribution in [3.05, 3.63) is 11.4 Å². The molecule has 2 fully saturated rings. The van der Waals surface area contributed by atoms with Crippen LogP contribution in [0.2, 0.25) is 0 Å². The van der Waals surface area contributed by atoms with Gasteiger partial charge in [0.1, 0.15) is 17.5 Å². The summed E-state index contributed by atoms with van der Waals surface area (Å²) < 4.78 is 0. The van der Waals surface area contributed by atoms with Gasteiger partial charge in [-0.15, -0.1) is 0 Å². The minimum Gasteiger partial charge on any atom is -0.370 e. The van der Waals surface area contributed by atoms with Crippen LogP contribution >= 0.6 is 0 Å². The third-order valence-corrected chi connectivity index (χ3v) is 4.39. The average molecular weight is 288 g/mol. The molecule has 21 heavy (non-hydrogen) atoms. The summed E-state index contributed by atoms with van der Waals surface area (Å²) in [6.45, 7) is 9.73. The van der Waals surface area contributed by atoms with E-state index in [1.807, 2.05) is 0 Å². The number of hydrogen-bond acceptors (Lipinski definition) is 4. The van der Waals surface area contributed by atoms with Gasteiger partial charge in [-0.2, -0.15) is 0 Å². The van der Waals surface area contributed by atoms with Gasteiger partial charge >= 0.3 is 0 Å². The second-order valence-corrected chi connectivity index (χ2v) is 6.57. The van der Waals surface area contributed by atoms with Crippen molar-refractivity contribution in [3.8, 4) is 0 Å². The lowest BCUT2D eigenvalue weighted by Crippen LogP contribution is -2.29. The lowest BCUT2D eigenvalue weighted by atomic mass is 10.2. The molecule has 1 heterocycles. The van der Waals surface area contributed by atoms with Crippen LogP contribution in [0.4, 0.5) is 11.6 Å². The number of aromatic nitrogens is 2.